The van der Waals surface area contributed by atoms with Crippen molar-refractivity contribution >= 4 is 28.5 Å². The van der Waals surface area contributed by atoms with Gasteiger partial charge in [0, 0.05) is 0 Å². The van der Waals surface area contributed by atoms with E-state index in [1.54, 1.807) is 10.9 Å². The molecular formula is C16H14N6O. The molecule has 7 heteroatoms. The molecule has 7 nitrogen and oxygen atoms in total. The first kappa shape index (κ1) is 13.6. The summed E-state index contributed by atoms with van der Waals surface area (Å²) >= 11 is 0. The van der Waals surface area contributed by atoms with Crippen LogP contribution in [0, 0.1) is 6.92 Å². The van der Waals surface area contributed by atoms with Crippen LogP contribution in [0.4, 0.5) is 5.69 Å². The van der Waals surface area contributed by atoms with Crippen molar-refractivity contribution < 1.29 is 4.79 Å². The van der Waals surface area contributed by atoms with Crippen molar-refractivity contribution in [1.82, 2.24) is 19.5 Å². The minimum absolute atomic E-state index is 0.121. The number of anilines is 1. The highest BCUT2D eigenvalue weighted by Crippen LogP contribution is 2.28. The van der Waals surface area contributed by atoms with E-state index in [1.165, 1.54) is 11.3 Å². The molecule has 0 spiro atoms. The predicted octanol–water partition coefficient (Wildman–Crippen LogP) is 2.10. The van der Waals surface area contributed by atoms with Crippen molar-refractivity contribution in [2.24, 2.45) is 5.10 Å². The van der Waals surface area contributed by atoms with Crippen molar-refractivity contribution in [3.63, 3.8) is 0 Å². The van der Waals surface area contributed by atoms with Crippen molar-refractivity contribution in [3.05, 3.63) is 48.7 Å². The molecule has 1 aliphatic heterocycles. The summed E-state index contributed by atoms with van der Waals surface area (Å²) in [4.78, 5) is 25.6. The number of hydrogen-bond donors (Lipinski definition) is 0. The molecule has 0 radical (unpaired) electrons. The Morgan fingerprint density at radius 1 is 1.04 bits per heavy atom. The third-order valence-electron chi connectivity index (χ3n) is 3.92. The van der Waals surface area contributed by atoms with Crippen LogP contribution in [0.1, 0.15) is 18.7 Å². The van der Waals surface area contributed by atoms with Gasteiger partial charge in [-0.15, -0.1) is 0 Å². The summed E-state index contributed by atoms with van der Waals surface area (Å²) in [5, 5.41) is 5.85. The second kappa shape index (κ2) is 4.98. The van der Waals surface area contributed by atoms with E-state index in [0.29, 0.717) is 16.9 Å². The Kier molecular flexibility index (Phi) is 2.94. The molecule has 0 saturated carbocycles. The van der Waals surface area contributed by atoms with E-state index in [-0.39, 0.29) is 5.91 Å². The fourth-order valence-electron chi connectivity index (χ4n) is 2.79. The van der Waals surface area contributed by atoms with E-state index < -0.39 is 6.04 Å². The lowest BCUT2D eigenvalue weighted by molar-refractivity contribution is -0.119. The molecule has 1 aromatic carbocycles. The van der Waals surface area contributed by atoms with Gasteiger partial charge >= 0.3 is 0 Å². The lowest BCUT2D eigenvalue weighted by Gasteiger charge is -2.15. The summed E-state index contributed by atoms with van der Waals surface area (Å²) in [6.07, 6.45) is 3.11. The van der Waals surface area contributed by atoms with Crippen LogP contribution in [-0.2, 0) is 4.79 Å². The maximum absolute atomic E-state index is 12.9. The molecule has 3 heterocycles. The molecule has 1 aliphatic rings. The molecule has 1 unspecified atom stereocenters. The number of amides is 1. The van der Waals surface area contributed by atoms with Crippen LogP contribution in [0.15, 0.2) is 48.1 Å². The number of para-hydroxylation sites is 1. The van der Waals surface area contributed by atoms with Gasteiger partial charge in [0.1, 0.15) is 11.8 Å². The van der Waals surface area contributed by atoms with Gasteiger partial charge in [-0.05, 0) is 26.0 Å². The first-order valence-electron chi connectivity index (χ1n) is 7.25. The number of imidazole rings is 1. The number of nitrogens with zero attached hydrogens (tertiary/aromatic N) is 6. The smallest absolute Gasteiger partial charge is 0.276 e. The van der Waals surface area contributed by atoms with Crippen LogP contribution in [0.5, 0.6) is 0 Å². The second-order valence-corrected chi connectivity index (χ2v) is 5.41. The Bertz CT molecular complexity index is 930. The number of fused-ring (bicyclic) bond motifs is 1. The molecule has 23 heavy (non-hydrogen) atoms. The lowest BCUT2D eigenvalue weighted by atomic mass is 10.2. The number of carbonyl (C=O) groups excluding carboxylic acids is 1. The van der Waals surface area contributed by atoms with Gasteiger partial charge in [0.05, 0.1) is 23.4 Å². The van der Waals surface area contributed by atoms with E-state index in [9.17, 15) is 4.79 Å². The van der Waals surface area contributed by atoms with E-state index in [0.717, 1.165) is 11.4 Å². The zero-order valence-electron chi connectivity index (χ0n) is 12.7. The standard InChI is InChI=1S/C16H14N6O/c1-10-13-15(18-8-17-10)21(9-19-13)14-11(2)20-22(16(14)23)12-6-4-3-5-7-12/h3-9,14H,1-2H3. The fourth-order valence-corrected chi connectivity index (χ4v) is 2.79. The highest BCUT2D eigenvalue weighted by Gasteiger charge is 2.36. The Hall–Kier alpha value is -3.09. The van der Waals surface area contributed by atoms with Crippen LogP contribution in [0.25, 0.3) is 11.2 Å². The third kappa shape index (κ3) is 2.01. The van der Waals surface area contributed by atoms with Crippen LogP contribution in [0.2, 0.25) is 0 Å². The Morgan fingerprint density at radius 3 is 2.61 bits per heavy atom. The van der Waals surface area contributed by atoms with Crippen LogP contribution < -0.4 is 5.01 Å². The first-order chi connectivity index (χ1) is 11.2. The summed E-state index contributed by atoms with van der Waals surface area (Å²) in [5.74, 6) is -0.121. The molecule has 0 bridgehead atoms. The Labute approximate surface area is 132 Å². The molecule has 1 atom stereocenters. The Morgan fingerprint density at radius 2 is 1.83 bits per heavy atom. The number of aryl methyl sites for hydroxylation is 1. The van der Waals surface area contributed by atoms with E-state index in [2.05, 4.69) is 20.1 Å². The maximum Gasteiger partial charge on any atom is 0.276 e. The second-order valence-electron chi connectivity index (χ2n) is 5.41. The number of hydrogen-bond acceptors (Lipinski definition) is 5. The van der Waals surface area contributed by atoms with Gasteiger partial charge < -0.3 is 0 Å². The van der Waals surface area contributed by atoms with Crippen molar-refractivity contribution in [3.8, 4) is 0 Å². The highest BCUT2D eigenvalue weighted by atomic mass is 16.2. The van der Waals surface area contributed by atoms with Gasteiger partial charge in [-0.1, -0.05) is 18.2 Å². The molecule has 3 aromatic rings. The van der Waals surface area contributed by atoms with Gasteiger partial charge in [0.15, 0.2) is 11.7 Å². The van der Waals surface area contributed by atoms with Crippen LogP contribution in [-0.4, -0.2) is 31.1 Å². The van der Waals surface area contributed by atoms with E-state index in [1.807, 2.05) is 44.2 Å². The fraction of sp³-hybridized carbons (Fsp3) is 0.188. The predicted molar refractivity (Wildman–Crippen MR) is 86.1 cm³/mol. The van der Waals surface area contributed by atoms with Gasteiger partial charge in [0.25, 0.3) is 5.91 Å². The number of rotatable bonds is 2. The molecule has 0 N–H and O–H groups in total. The molecule has 0 aliphatic carbocycles. The van der Waals surface area contributed by atoms with Crippen LogP contribution in [0.3, 0.4) is 0 Å². The molecule has 1 amide bonds. The summed E-state index contributed by atoms with van der Waals surface area (Å²) in [6, 6.07) is 8.84. The SMILES string of the molecule is CC1=NN(c2ccccc2)C(=O)C1n1cnc2c(C)ncnc21. The quantitative estimate of drug-likeness (QED) is 0.726. The van der Waals surface area contributed by atoms with Crippen molar-refractivity contribution in [2.75, 3.05) is 5.01 Å². The number of benzene rings is 1. The summed E-state index contributed by atoms with van der Waals surface area (Å²) in [5.41, 5.74) is 3.57. The summed E-state index contributed by atoms with van der Waals surface area (Å²) < 4.78 is 1.76. The zero-order valence-corrected chi connectivity index (χ0v) is 12.7. The normalized spacial score (nSPS) is 17.8. The minimum atomic E-state index is -0.533. The maximum atomic E-state index is 12.9. The highest BCUT2D eigenvalue weighted by molar-refractivity contribution is 6.16. The number of carbonyl (C=O) groups is 1. The zero-order chi connectivity index (χ0) is 16.0. The van der Waals surface area contributed by atoms with E-state index in [4.69, 9.17) is 0 Å². The number of hydrazone groups is 1. The first-order valence-corrected chi connectivity index (χ1v) is 7.25. The monoisotopic (exact) mass is 306 g/mol. The molecule has 114 valence electrons. The van der Waals surface area contributed by atoms with Gasteiger partial charge in [-0.25, -0.2) is 15.0 Å². The average Bonchev–Trinajstić information content (AvgIpc) is 3.10. The molecule has 0 saturated heterocycles. The van der Waals surface area contributed by atoms with E-state index >= 15 is 0 Å². The van der Waals surface area contributed by atoms with Crippen molar-refractivity contribution in [1.29, 1.82) is 0 Å². The van der Waals surface area contributed by atoms with Gasteiger partial charge in [-0.2, -0.15) is 10.1 Å². The molecular weight excluding hydrogens is 292 g/mol. The molecule has 2 aromatic heterocycles. The molecule has 4 rings (SSSR count). The largest absolute Gasteiger partial charge is 0.297 e. The van der Waals surface area contributed by atoms with Crippen molar-refractivity contribution in [2.45, 2.75) is 19.9 Å². The van der Waals surface area contributed by atoms with Gasteiger partial charge in [0.2, 0.25) is 0 Å². The van der Waals surface area contributed by atoms with Crippen LogP contribution >= 0.6 is 0 Å². The van der Waals surface area contributed by atoms with Gasteiger partial charge in [-0.3, -0.25) is 9.36 Å². The lowest BCUT2D eigenvalue weighted by Crippen LogP contribution is -2.29. The summed E-state index contributed by atoms with van der Waals surface area (Å²) in [7, 11) is 0. The minimum Gasteiger partial charge on any atom is -0.297 e. The Balaban J connectivity index is 1.79. The summed E-state index contributed by atoms with van der Waals surface area (Å²) in [6.45, 7) is 3.71. The molecule has 0 fully saturated rings. The third-order valence-corrected chi connectivity index (χ3v) is 3.92. The number of aromatic nitrogens is 4. The topological polar surface area (TPSA) is 76.3 Å². The average molecular weight is 306 g/mol.